The smallest absolute Gasteiger partial charge is 0.0150 e. The second-order valence-corrected chi connectivity index (χ2v) is 4.91. The van der Waals surface area contributed by atoms with Crippen LogP contribution in [0.4, 0.5) is 0 Å². The van der Waals surface area contributed by atoms with Gasteiger partial charge in [0.15, 0.2) is 0 Å². The number of allylic oxidation sites excluding steroid dienone is 3. The predicted octanol–water partition coefficient (Wildman–Crippen LogP) is 4.27. The largest absolute Gasteiger partial charge is 0.402 e. The second-order valence-electron chi connectivity index (χ2n) is 3.91. The quantitative estimate of drug-likeness (QED) is 0.713. The minimum Gasteiger partial charge on any atom is -0.402 e. The van der Waals surface area contributed by atoms with E-state index in [-0.39, 0.29) is 0 Å². The molecule has 0 heterocycles. The van der Waals surface area contributed by atoms with E-state index in [4.69, 9.17) is 5.73 Å². The first-order valence-corrected chi connectivity index (χ1v) is 6.24. The Labute approximate surface area is 92.8 Å². The molecule has 0 aliphatic carbocycles. The van der Waals surface area contributed by atoms with Gasteiger partial charge in [0.2, 0.25) is 0 Å². The van der Waals surface area contributed by atoms with Crippen molar-refractivity contribution < 1.29 is 0 Å². The van der Waals surface area contributed by atoms with Crippen LogP contribution in [0, 0.1) is 5.92 Å². The van der Waals surface area contributed by atoms with Gasteiger partial charge >= 0.3 is 0 Å². The number of thioether (sulfide) groups is 1. The predicted molar refractivity (Wildman–Crippen MR) is 68.0 cm³/mol. The highest BCUT2D eigenvalue weighted by atomic mass is 32.2. The molecule has 82 valence electrons. The van der Waals surface area contributed by atoms with Gasteiger partial charge < -0.3 is 5.73 Å². The van der Waals surface area contributed by atoms with Gasteiger partial charge in [0.1, 0.15) is 0 Å². The lowest BCUT2D eigenvalue weighted by molar-refractivity contribution is 0.639. The van der Waals surface area contributed by atoms with Crippen LogP contribution in [-0.4, -0.2) is 0 Å². The van der Waals surface area contributed by atoms with Crippen molar-refractivity contribution in [2.75, 3.05) is 0 Å². The van der Waals surface area contributed by atoms with Crippen molar-refractivity contribution in [3.8, 4) is 0 Å². The minimum atomic E-state index is 0.645. The summed E-state index contributed by atoms with van der Waals surface area (Å²) in [6.07, 6.45) is 5.53. The molecule has 0 aromatic rings. The average Bonchev–Trinajstić information content (AvgIpc) is 2.11. The number of nitrogens with two attached hydrogens (primary N) is 1. The van der Waals surface area contributed by atoms with Gasteiger partial charge in [-0.05, 0) is 36.0 Å². The van der Waals surface area contributed by atoms with Crippen molar-refractivity contribution >= 4 is 11.8 Å². The van der Waals surface area contributed by atoms with Crippen LogP contribution in [0.5, 0.6) is 0 Å². The van der Waals surface area contributed by atoms with Crippen LogP contribution in [0.1, 0.15) is 47.0 Å². The van der Waals surface area contributed by atoms with E-state index in [1.165, 1.54) is 11.3 Å². The third kappa shape index (κ3) is 7.07. The highest BCUT2D eigenvalue weighted by molar-refractivity contribution is 8.05. The van der Waals surface area contributed by atoms with Gasteiger partial charge in [0.25, 0.3) is 0 Å². The van der Waals surface area contributed by atoms with E-state index in [0.29, 0.717) is 5.92 Å². The molecule has 0 aromatic heterocycles. The third-order valence-electron chi connectivity index (χ3n) is 1.82. The normalized spacial score (nSPS) is 13.8. The zero-order valence-corrected chi connectivity index (χ0v) is 10.7. The zero-order valence-electron chi connectivity index (χ0n) is 9.84. The van der Waals surface area contributed by atoms with E-state index in [1.54, 1.807) is 11.8 Å². The molecule has 0 saturated carbocycles. The summed E-state index contributed by atoms with van der Waals surface area (Å²) in [7, 11) is 0. The van der Waals surface area contributed by atoms with Crippen molar-refractivity contribution in [1.82, 2.24) is 0 Å². The molecule has 0 bridgehead atoms. The van der Waals surface area contributed by atoms with Gasteiger partial charge in [-0.1, -0.05) is 33.3 Å². The fourth-order valence-corrected chi connectivity index (χ4v) is 2.05. The first-order valence-electron chi connectivity index (χ1n) is 5.36. The van der Waals surface area contributed by atoms with Gasteiger partial charge in [0, 0.05) is 5.70 Å². The van der Waals surface area contributed by atoms with Crippen LogP contribution in [0.25, 0.3) is 0 Å². The molecule has 0 aliphatic heterocycles. The molecule has 0 radical (unpaired) electrons. The monoisotopic (exact) mass is 213 g/mol. The number of hydrogen-bond donors (Lipinski definition) is 1. The zero-order chi connectivity index (χ0) is 11.0. The summed E-state index contributed by atoms with van der Waals surface area (Å²) in [5, 5.41) is 2.09. The molecule has 0 saturated heterocycles. The van der Waals surface area contributed by atoms with Crippen LogP contribution < -0.4 is 5.73 Å². The fourth-order valence-electron chi connectivity index (χ4n) is 1.19. The highest BCUT2D eigenvalue weighted by Gasteiger charge is 1.98. The van der Waals surface area contributed by atoms with Crippen LogP contribution in [0.2, 0.25) is 0 Å². The van der Waals surface area contributed by atoms with Crippen LogP contribution in [0.3, 0.4) is 0 Å². The molecule has 0 aliphatic rings. The van der Waals surface area contributed by atoms with Gasteiger partial charge in [-0.2, -0.15) is 0 Å². The summed E-state index contributed by atoms with van der Waals surface area (Å²) in [4.78, 5) is 1.42. The lowest BCUT2D eigenvalue weighted by atomic mass is 10.1. The molecule has 2 heteroatoms. The number of hydrogen-bond acceptors (Lipinski definition) is 2. The Balaban J connectivity index is 3.99. The van der Waals surface area contributed by atoms with Crippen molar-refractivity contribution in [1.29, 1.82) is 0 Å². The Hall–Kier alpha value is -0.370. The molecule has 0 amide bonds. The summed E-state index contributed by atoms with van der Waals surface area (Å²) in [6, 6.07) is 0. The molecule has 0 rings (SSSR count). The maximum Gasteiger partial charge on any atom is 0.0150 e. The van der Waals surface area contributed by atoms with E-state index in [2.05, 4.69) is 39.2 Å². The molecule has 1 nitrogen and oxygen atoms in total. The van der Waals surface area contributed by atoms with E-state index < -0.39 is 0 Å². The maximum absolute atomic E-state index is 5.89. The van der Waals surface area contributed by atoms with E-state index >= 15 is 0 Å². The van der Waals surface area contributed by atoms with E-state index in [0.717, 1.165) is 18.5 Å². The Kier molecular flexibility index (Phi) is 7.77. The fraction of sp³-hybridized carbons (Fsp3) is 0.667. The van der Waals surface area contributed by atoms with Gasteiger partial charge in [-0.15, -0.1) is 11.8 Å². The molecule has 0 spiro atoms. The Morgan fingerprint density at radius 3 is 2.50 bits per heavy atom. The van der Waals surface area contributed by atoms with Crippen LogP contribution >= 0.6 is 11.8 Å². The lowest BCUT2D eigenvalue weighted by Gasteiger charge is -2.05. The molecule has 0 aromatic carbocycles. The highest BCUT2D eigenvalue weighted by Crippen LogP contribution is 2.23. The molecule has 0 unspecified atom stereocenters. The molecule has 2 N–H and O–H groups in total. The van der Waals surface area contributed by atoms with Gasteiger partial charge in [-0.3, -0.25) is 0 Å². The first-order chi connectivity index (χ1) is 6.60. The maximum atomic E-state index is 5.89. The Morgan fingerprint density at radius 1 is 1.43 bits per heavy atom. The van der Waals surface area contributed by atoms with E-state index in [1.807, 2.05) is 0 Å². The lowest BCUT2D eigenvalue weighted by Crippen LogP contribution is -2.00. The number of rotatable bonds is 6. The molecule has 14 heavy (non-hydrogen) atoms. The van der Waals surface area contributed by atoms with E-state index in [9.17, 15) is 0 Å². The SMILES string of the molecule is C/C=C(/CCC)S/C=C(\N)CC(C)C. The molecule has 0 fully saturated rings. The summed E-state index contributed by atoms with van der Waals surface area (Å²) in [5.74, 6) is 0.645. The molecular weight excluding hydrogens is 190 g/mol. The van der Waals surface area contributed by atoms with Crippen molar-refractivity contribution in [2.24, 2.45) is 11.7 Å². The van der Waals surface area contributed by atoms with Crippen molar-refractivity contribution in [3.63, 3.8) is 0 Å². The summed E-state index contributed by atoms with van der Waals surface area (Å²) in [6.45, 7) is 8.66. The first kappa shape index (κ1) is 13.6. The van der Waals surface area contributed by atoms with Crippen LogP contribution in [-0.2, 0) is 0 Å². The summed E-state index contributed by atoms with van der Waals surface area (Å²) in [5.41, 5.74) is 6.89. The van der Waals surface area contributed by atoms with Crippen molar-refractivity contribution in [3.05, 3.63) is 22.1 Å². The third-order valence-corrected chi connectivity index (χ3v) is 2.99. The second kappa shape index (κ2) is 7.98. The Bertz CT molecular complexity index is 204. The average molecular weight is 213 g/mol. The Morgan fingerprint density at radius 2 is 2.07 bits per heavy atom. The van der Waals surface area contributed by atoms with Crippen LogP contribution in [0.15, 0.2) is 22.1 Å². The topological polar surface area (TPSA) is 26.0 Å². The minimum absolute atomic E-state index is 0.645. The standard InChI is InChI=1S/C12H23NS/c1-5-7-12(6-2)14-9-11(13)8-10(3)4/h6,9-10H,5,7-8,13H2,1-4H3/b11-9-,12-6-. The van der Waals surface area contributed by atoms with Gasteiger partial charge in [-0.25, -0.2) is 0 Å². The molecular formula is C12H23NS. The molecule has 0 atom stereocenters. The van der Waals surface area contributed by atoms with Gasteiger partial charge in [0.05, 0.1) is 0 Å². The van der Waals surface area contributed by atoms with Crippen molar-refractivity contribution in [2.45, 2.75) is 47.0 Å². The summed E-state index contributed by atoms with van der Waals surface area (Å²) >= 11 is 1.77. The summed E-state index contributed by atoms with van der Waals surface area (Å²) < 4.78 is 0.